The van der Waals surface area contributed by atoms with E-state index in [4.69, 9.17) is 0 Å². The van der Waals surface area contributed by atoms with E-state index < -0.39 is 5.41 Å². The van der Waals surface area contributed by atoms with Gasteiger partial charge in [-0.25, -0.2) is 0 Å². The Morgan fingerprint density at radius 2 is 1.67 bits per heavy atom. The van der Waals surface area contributed by atoms with Crippen molar-refractivity contribution >= 4 is 11.6 Å². The van der Waals surface area contributed by atoms with E-state index in [2.05, 4.69) is 0 Å². The van der Waals surface area contributed by atoms with Gasteiger partial charge in [-0.3, -0.25) is 9.59 Å². The molecule has 0 radical (unpaired) electrons. The maximum absolute atomic E-state index is 11.2. The zero-order chi connectivity index (χ0) is 9.94. The molecule has 0 heterocycles. The summed E-state index contributed by atoms with van der Waals surface area (Å²) in [6.45, 7) is 8.72. The third-order valence-corrected chi connectivity index (χ3v) is 2.68. The molecule has 0 fully saturated rings. The number of Topliss-reactive ketones (excluding diaryl/α,β-unsaturated/α-hetero) is 2. The Balaban J connectivity index is 4.71. The first-order valence-corrected chi connectivity index (χ1v) is 4.35. The number of carbonyl (C=O) groups is 2. The van der Waals surface area contributed by atoms with Crippen molar-refractivity contribution in [2.45, 2.75) is 41.0 Å². The minimum Gasteiger partial charge on any atom is -0.300 e. The van der Waals surface area contributed by atoms with Crippen molar-refractivity contribution in [3.05, 3.63) is 0 Å². The number of hydrogen-bond acceptors (Lipinski definition) is 2. The summed E-state index contributed by atoms with van der Waals surface area (Å²) < 4.78 is 0. The second-order valence-corrected chi connectivity index (χ2v) is 3.85. The van der Waals surface area contributed by atoms with Crippen LogP contribution in [0.1, 0.15) is 41.0 Å². The lowest BCUT2D eigenvalue weighted by Gasteiger charge is -2.29. The summed E-state index contributed by atoms with van der Waals surface area (Å²) in [5, 5.41) is 0. The van der Waals surface area contributed by atoms with E-state index in [1.165, 1.54) is 0 Å². The van der Waals surface area contributed by atoms with E-state index in [9.17, 15) is 9.59 Å². The van der Waals surface area contributed by atoms with Gasteiger partial charge in [0.05, 0.1) is 0 Å². The maximum atomic E-state index is 11.2. The maximum Gasteiger partial charge on any atom is 0.136 e. The van der Waals surface area contributed by atoms with Crippen LogP contribution in [0.4, 0.5) is 0 Å². The van der Waals surface area contributed by atoms with Crippen molar-refractivity contribution in [2.24, 2.45) is 11.3 Å². The van der Waals surface area contributed by atoms with E-state index in [0.717, 1.165) is 6.42 Å². The zero-order valence-corrected chi connectivity index (χ0v) is 8.60. The van der Waals surface area contributed by atoms with Crippen LogP contribution in [0.3, 0.4) is 0 Å². The molecule has 12 heavy (non-hydrogen) atoms. The summed E-state index contributed by atoms with van der Waals surface area (Å²) in [6, 6.07) is 0. The Hall–Kier alpha value is -0.660. The molecule has 0 aliphatic heterocycles. The summed E-state index contributed by atoms with van der Waals surface area (Å²) in [5.74, 6) is 0.0669. The van der Waals surface area contributed by atoms with Gasteiger partial charge in [-0.05, 0) is 20.3 Å². The average Bonchev–Trinajstić information content (AvgIpc) is 1.86. The Kier molecular flexibility index (Phi) is 3.62. The molecule has 0 aliphatic carbocycles. The van der Waals surface area contributed by atoms with Crippen LogP contribution in [0.5, 0.6) is 0 Å². The Bertz CT molecular complexity index is 192. The molecule has 0 saturated carbocycles. The third kappa shape index (κ3) is 2.16. The topological polar surface area (TPSA) is 34.1 Å². The fourth-order valence-corrected chi connectivity index (χ4v) is 1.55. The zero-order valence-electron chi connectivity index (χ0n) is 8.60. The van der Waals surface area contributed by atoms with Gasteiger partial charge in [-0.15, -0.1) is 0 Å². The lowest BCUT2D eigenvalue weighted by molar-refractivity contribution is -0.135. The minimum absolute atomic E-state index is 0.0875. The average molecular weight is 170 g/mol. The molecular formula is C10H18O2. The summed E-state index contributed by atoms with van der Waals surface area (Å²) in [4.78, 5) is 22.4. The van der Waals surface area contributed by atoms with Crippen LogP contribution in [-0.2, 0) is 9.59 Å². The van der Waals surface area contributed by atoms with Gasteiger partial charge in [-0.1, -0.05) is 20.8 Å². The van der Waals surface area contributed by atoms with Gasteiger partial charge < -0.3 is 0 Å². The van der Waals surface area contributed by atoms with Crippen molar-refractivity contribution in [1.29, 1.82) is 0 Å². The largest absolute Gasteiger partial charge is 0.300 e. The van der Waals surface area contributed by atoms with Gasteiger partial charge in [-0.2, -0.15) is 0 Å². The number of rotatable bonds is 4. The quantitative estimate of drug-likeness (QED) is 0.648. The SMILES string of the molecule is CCC(C(C)=O)C(C)(C)C(C)=O. The van der Waals surface area contributed by atoms with Crippen LogP contribution in [0.15, 0.2) is 0 Å². The molecule has 0 aromatic heterocycles. The molecule has 0 aliphatic rings. The molecule has 0 aromatic rings. The van der Waals surface area contributed by atoms with E-state index in [1.54, 1.807) is 13.8 Å². The van der Waals surface area contributed by atoms with E-state index in [0.29, 0.717) is 0 Å². The molecule has 0 aromatic carbocycles. The van der Waals surface area contributed by atoms with Crippen LogP contribution >= 0.6 is 0 Å². The van der Waals surface area contributed by atoms with Crippen LogP contribution in [0, 0.1) is 11.3 Å². The van der Waals surface area contributed by atoms with Crippen LogP contribution in [0.2, 0.25) is 0 Å². The first-order chi connectivity index (χ1) is 5.34. The van der Waals surface area contributed by atoms with Crippen molar-refractivity contribution in [3.8, 4) is 0 Å². The van der Waals surface area contributed by atoms with Crippen molar-refractivity contribution < 1.29 is 9.59 Å². The second-order valence-electron chi connectivity index (χ2n) is 3.85. The Morgan fingerprint density at radius 1 is 1.25 bits per heavy atom. The number of hydrogen-bond donors (Lipinski definition) is 0. The minimum atomic E-state index is -0.499. The molecule has 0 bridgehead atoms. The summed E-state index contributed by atoms with van der Waals surface area (Å²) in [7, 11) is 0. The molecule has 70 valence electrons. The van der Waals surface area contributed by atoms with Gasteiger partial charge >= 0.3 is 0 Å². The normalized spacial score (nSPS) is 14.1. The lowest BCUT2D eigenvalue weighted by atomic mass is 9.73. The van der Waals surface area contributed by atoms with Crippen LogP contribution in [0.25, 0.3) is 0 Å². The van der Waals surface area contributed by atoms with Crippen LogP contribution in [-0.4, -0.2) is 11.6 Å². The fraction of sp³-hybridized carbons (Fsp3) is 0.800. The number of ketones is 2. The van der Waals surface area contributed by atoms with Crippen molar-refractivity contribution in [1.82, 2.24) is 0 Å². The van der Waals surface area contributed by atoms with E-state index in [-0.39, 0.29) is 17.5 Å². The highest BCUT2D eigenvalue weighted by Gasteiger charge is 2.35. The lowest BCUT2D eigenvalue weighted by Crippen LogP contribution is -2.35. The molecule has 0 spiro atoms. The molecular weight excluding hydrogens is 152 g/mol. The highest BCUT2D eigenvalue weighted by atomic mass is 16.1. The molecule has 0 saturated heterocycles. The smallest absolute Gasteiger partial charge is 0.136 e. The summed E-state index contributed by atoms with van der Waals surface area (Å²) in [6.07, 6.45) is 0.738. The Morgan fingerprint density at radius 3 is 1.75 bits per heavy atom. The van der Waals surface area contributed by atoms with Crippen molar-refractivity contribution in [2.75, 3.05) is 0 Å². The summed E-state index contributed by atoms with van der Waals surface area (Å²) >= 11 is 0. The monoisotopic (exact) mass is 170 g/mol. The highest BCUT2D eigenvalue weighted by Crippen LogP contribution is 2.30. The number of carbonyl (C=O) groups excluding carboxylic acids is 2. The first kappa shape index (κ1) is 11.3. The van der Waals surface area contributed by atoms with Crippen molar-refractivity contribution in [3.63, 3.8) is 0 Å². The second kappa shape index (κ2) is 3.83. The fourth-order valence-electron chi connectivity index (χ4n) is 1.55. The van der Waals surface area contributed by atoms with Gasteiger partial charge in [0.2, 0.25) is 0 Å². The Labute approximate surface area is 74.3 Å². The first-order valence-electron chi connectivity index (χ1n) is 4.35. The molecule has 2 nitrogen and oxygen atoms in total. The van der Waals surface area contributed by atoms with Crippen LogP contribution < -0.4 is 0 Å². The van der Waals surface area contributed by atoms with Gasteiger partial charge in [0, 0.05) is 11.3 Å². The third-order valence-electron chi connectivity index (χ3n) is 2.68. The van der Waals surface area contributed by atoms with Gasteiger partial charge in [0.25, 0.3) is 0 Å². The molecule has 1 unspecified atom stereocenters. The molecule has 0 N–H and O–H groups in total. The predicted octanol–water partition coefficient (Wildman–Crippen LogP) is 2.22. The predicted molar refractivity (Wildman–Crippen MR) is 48.9 cm³/mol. The molecule has 1 atom stereocenters. The molecule has 2 heteroatoms. The van der Waals surface area contributed by atoms with Gasteiger partial charge in [0.15, 0.2) is 0 Å². The summed E-state index contributed by atoms with van der Waals surface area (Å²) in [5.41, 5.74) is -0.499. The van der Waals surface area contributed by atoms with E-state index in [1.807, 2.05) is 20.8 Å². The molecule has 0 amide bonds. The van der Waals surface area contributed by atoms with E-state index >= 15 is 0 Å². The molecule has 0 rings (SSSR count). The standard InChI is InChI=1S/C10H18O2/c1-6-9(7(2)11)10(4,5)8(3)12/h9H,6H2,1-5H3. The highest BCUT2D eigenvalue weighted by molar-refractivity contribution is 5.89. The van der Waals surface area contributed by atoms with Gasteiger partial charge in [0.1, 0.15) is 11.6 Å².